The molecule has 2 N–H and O–H groups in total. The van der Waals surface area contributed by atoms with Gasteiger partial charge in [-0.3, -0.25) is 4.79 Å². The van der Waals surface area contributed by atoms with Gasteiger partial charge in [-0.1, -0.05) is 0 Å². The fourth-order valence-electron chi connectivity index (χ4n) is 5.13. The Morgan fingerprint density at radius 3 is 2.75 bits per heavy atom. The average Bonchev–Trinajstić information content (AvgIpc) is 3.53. The monoisotopic (exact) mass is 494 g/mol. The number of hydrogen-bond donors (Lipinski definition) is 1. The maximum atomic E-state index is 13.1. The fourth-order valence-corrected chi connectivity index (χ4v) is 5.13. The van der Waals surface area contributed by atoms with Gasteiger partial charge in [0.05, 0.1) is 16.7 Å². The second-order valence-corrected chi connectivity index (χ2v) is 9.88. The molecule has 8 nitrogen and oxygen atoms in total. The Morgan fingerprint density at radius 1 is 1.17 bits per heavy atom. The maximum Gasteiger partial charge on any atom is 0.388 e. The van der Waals surface area contributed by atoms with Crippen LogP contribution in [0.5, 0.6) is 5.88 Å². The molecule has 1 saturated carbocycles. The summed E-state index contributed by atoms with van der Waals surface area (Å²) in [6.07, 6.45) is 4.10. The first kappa shape index (κ1) is 22.9. The number of hydrogen-bond acceptors (Lipinski definition) is 5. The van der Waals surface area contributed by atoms with Crippen LogP contribution in [0.2, 0.25) is 0 Å². The predicted molar refractivity (Wildman–Crippen MR) is 132 cm³/mol. The van der Waals surface area contributed by atoms with Gasteiger partial charge < -0.3 is 24.5 Å². The first-order chi connectivity index (χ1) is 17.4. The summed E-state index contributed by atoms with van der Waals surface area (Å²) in [6, 6.07) is 10.8. The summed E-state index contributed by atoms with van der Waals surface area (Å²) in [6.45, 7) is -0.926. The highest BCUT2D eigenvalue weighted by Crippen LogP contribution is 2.36. The number of likely N-dealkylation sites (tertiary alicyclic amines) is 1. The molecule has 188 valence electrons. The van der Waals surface area contributed by atoms with Gasteiger partial charge in [0.2, 0.25) is 5.88 Å². The zero-order chi connectivity index (χ0) is 25.0. The van der Waals surface area contributed by atoms with Gasteiger partial charge >= 0.3 is 6.61 Å². The molecule has 10 heteroatoms. The molecule has 1 atom stereocenters. The minimum absolute atomic E-state index is 0.0153. The molecular formula is C26H28F2N6O2. The van der Waals surface area contributed by atoms with Crippen molar-refractivity contribution in [2.24, 2.45) is 18.7 Å². The number of amides is 1. The van der Waals surface area contributed by atoms with E-state index in [9.17, 15) is 13.6 Å². The van der Waals surface area contributed by atoms with E-state index in [1.54, 1.807) is 6.07 Å². The van der Waals surface area contributed by atoms with Crippen LogP contribution in [-0.4, -0.2) is 55.7 Å². The first-order valence-corrected chi connectivity index (χ1v) is 12.3. The number of imidazole rings is 1. The lowest BCUT2D eigenvalue weighted by atomic mass is 10.1. The summed E-state index contributed by atoms with van der Waals surface area (Å²) < 4.78 is 34.2. The Bertz CT molecular complexity index is 1460. The predicted octanol–water partition coefficient (Wildman–Crippen LogP) is 4.16. The van der Waals surface area contributed by atoms with Crippen LogP contribution >= 0.6 is 0 Å². The Balaban J connectivity index is 1.41. The van der Waals surface area contributed by atoms with Gasteiger partial charge in [-0.25, -0.2) is 4.98 Å². The molecule has 3 aromatic heterocycles. The molecule has 0 spiro atoms. The largest absolute Gasteiger partial charge is 0.417 e. The molecule has 1 unspecified atom stereocenters. The summed E-state index contributed by atoms with van der Waals surface area (Å²) in [7, 11) is 1.94. The van der Waals surface area contributed by atoms with Gasteiger partial charge in [-0.2, -0.15) is 13.8 Å². The standard InChI is InChI=1S/C26H28F2N6O2/c1-32-20-8-6-17(25(35)33-10-2-3-18(29)14-33)11-19(20)30-24(32)21-12-16-7-9-22(36-26(27)28)31-23(16)34(21)13-15-4-5-15/h6-9,11-12,15,18,26H,2-5,10,13-14,29H2,1H3. The molecule has 4 heterocycles. The van der Waals surface area contributed by atoms with E-state index in [1.807, 2.05) is 45.3 Å². The van der Waals surface area contributed by atoms with Crippen molar-refractivity contribution in [1.29, 1.82) is 0 Å². The lowest BCUT2D eigenvalue weighted by Crippen LogP contribution is -2.45. The third-order valence-electron chi connectivity index (χ3n) is 7.17. The van der Waals surface area contributed by atoms with Crippen LogP contribution in [0.4, 0.5) is 8.78 Å². The van der Waals surface area contributed by atoms with Crippen LogP contribution < -0.4 is 10.5 Å². The van der Waals surface area contributed by atoms with Gasteiger partial charge in [-0.05, 0) is 61.9 Å². The lowest BCUT2D eigenvalue weighted by molar-refractivity contribution is -0.0526. The van der Waals surface area contributed by atoms with Crippen LogP contribution in [0.3, 0.4) is 0 Å². The van der Waals surface area contributed by atoms with Crippen LogP contribution in [0.25, 0.3) is 33.6 Å². The van der Waals surface area contributed by atoms with E-state index in [0.29, 0.717) is 30.2 Å². The van der Waals surface area contributed by atoms with Crippen molar-refractivity contribution in [1.82, 2.24) is 24.0 Å². The SMILES string of the molecule is Cn1c(-c2cc3ccc(OC(F)F)nc3n2CC2CC2)nc2cc(C(=O)N3CCCC(N)C3)ccc21. The number of pyridine rings is 1. The van der Waals surface area contributed by atoms with Crippen molar-refractivity contribution < 1.29 is 18.3 Å². The van der Waals surface area contributed by atoms with E-state index in [2.05, 4.69) is 9.72 Å². The van der Waals surface area contributed by atoms with E-state index in [-0.39, 0.29) is 17.8 Å². The number of carbonyl (C=O) groups excluding carboxylic acids is 1. The summed E-state index contributed by atoms with van der Waals surface area (Å²) in [5.41, 5.74) is 9.74. The Morgan fingerprint density at radius 2 is 2.00 bits per heavy atom. The lowest BCUT2D eigenvalue weighted by Gasteiger charge is -2.30. The molecule has 6 rings (SSSR count). The number of aromatic nitrogens is 4. The third-order valence-corrected chi connectivity index (χ3v) is 7.17. The number of halogens is 2. The van der Waals surface area contributed by atoms with Gasteiger partial charge in [0, 0.05) is 49.7 Å². The van der Waals surface area contributed by atoms with Gasteiger partial charge in [-0.15, -0.1) is 0 Å². The van der Waals surface area contributed by atoms with Crippen LogP contribution in [0.15, 0.2) is 36.4 Å². The summed E-state index contributed by atoms with van der Waals surface area (Å²) >= 11 is 0. The third kappa shape index (κ3) is 4.19. The quantitative estimate of drug-likeness (QED) is 0.435. The van der Waals surface area contributed by atoms with Crippen molar-refractivity contribution in [3.05, 3.63) is 42.0 Å². The van der Waals surface area contributed by atoms with E-state index in [0.717, 1.165) is 60.2 Å². The molecule has 1 aromatic carbocycles. The second-order valence-electron chi connectivity index (χ2n) is 9.88. The van der Waals surface area contributed by atoms with Crippen LogP contribution in [0.1, 0.15) is 36.0 Å². The van der Waals surface area contributed by atoms with E-state index < -0.39 is 6.61 Å². The molecule has 1 saturated heterocycles. The maximum absolute atomic E-state index is 13.1. The summed E-state index contributed by atoms with van der Waals surface area (Å²) in [4.78, 5) is 24.2. The fraction of sp³-hybridized carbons (Fsp3) is 0.423. The van der Waals surface area contributed by atoms with Crippen molar-refractivity contribution >= 4 is 28.0 Å². The van der Waals surface area contributed by atoms with Gasteiger partial charge in [0.1, 0.15) is 5.65 Å². The number of ether oxygens (including phenoxy) is 1. The molecule has 1 amide bonds. The number of piperidine rings is 1. The van der Waals surface area contributed by atoms with Crippen molar-refractivity contribution in [2.45, 2.75) is 44.9 Å². The summed E-state index contributed by atoms with van der Waals surface area (Å²) in [5, 5.41) is 0.830. The number of nitrogens with zero attached hydrogens (tertiary/aromatic N) is 5. The molecule has 0 bridgehead atoms. The minimum Gasteiger partial charge on any atom is -0.417 e. The van der Waals surface area contributed by atoms with E-state index >= 15 is 0 Å². The van der Waals surface area contributed by atoms with Crippen molar-refractivity contribution in [3.8, 4) is 17.4 Å². The molecule has 1 aliphatic carbocycles. The zero-order valence-corrected chi connectivity index (χ0v) is 20.0. The zero-order valence-electron chi connectivity index (χ0n) is 20.0. The first-order valence-electron chi connectivity index (χ1n) is 12.3. The van der Waals surface area contributed by atoms with E-state index in [1.165, 1.54) is 6.07 Å². The Labute approximate surface area is 206 Å². The van der Waals surface area contributed by atoms with Crippen LogP contribution in [-0.2, 0) is 13.6 Å². The molecule has 2 fully saturated rings. The number of carbonyl (C=O) groups is 1. The Hall–Kier alpha value is -3.53. The highest BCUT2D eigenvalue weighted by molar-refractivity contribution is 5.98. The van der Waals surface area contributed by atoms with Gasteiger partial charge in [0.15, 0.2) is 5.82 Å². The number of fused-ring (bicyclic) bond motifs is 2. The van der Waals surface area contributed by atoms with Crippen LogP contribution in [0, 0.1) is 5.92 Å². The molecular weight excluding hydrogens is 466 g/mol. The van der Waals surface area contributed by atoms with Crippen molar-refractivity contribution in [3.63, 3.8) is 0 Å². The number of benzene rings is 1. The molecule has 1 aliphatic heterocycles. The molecule has 2 aliphatic rings. The highest BCUT2D eigenvalue weighted by atomic mass is 19.3. The number of nitrogens with two attached hydrogens (primary N) is 1. The molecule has 36 heavy (non-hydrogen) atoms. The highest BCUT2D eigenvalue weighted by Gasteiger charge is 2.27. The second kappa shape index (κ2) is 8.85. The number of rotatable bonds is 6. The molecule has 4 aromatic rings. The average molecular weight is 495 g/mol. The normalized spacial score (nSPS) is 18.5. The number of aryl methyl sites for hydroxylation is 1. The van der Waals surface area contributed by atoms with Gasteiger partial charge in [0.25, 0.3) is 5.91 Å². The summed E-state index contributed by atoms with van der Waals surface area (Å²) in [5.74, 6) is 1.11. The van der Waals surface area contributed by atoms with Crippen molar-refractivity contribution in [2.75, 3.05) is 13.1 Å². The minimum atomic E-state index is -2.93. The Kier molecular flexibility index (Phi) is 5.63. The number of alkyl halides is 2. The smallest absolute Gasteiger partial charge is 0.388 e. The van der Waals surface area contributed by atoms with E-state index in [4.69, 9.17) is 10.7 Å². The molecule has 0 radical (unpaired) electrons. The topological polar surface area (TPSA) is 91.2 Å².